The van der Waals surface area contributed by atoms with Crippen LogP contribution in [0.2, 0.25) is 0 Å². The smallest absolute Gasteiger partial charge is 0.373 e. The predicted molar refractivity (Wildman–Crippen MR) is 76.0 cm³/mol. The average Bonchev–Trinajstić information content (AvgIpc) is 2.37. The van der Waals surface area contributed by atoms with Gasteiger partial charge in [0.1, 0.15) is 0 Å². The maximum absolute atomic E-state index is 12.7. The van der Waals surface area contributed by atoms with Crippen molar-refractivity contribution >= 4 is 15.5 Å². The number of anilines is 1. The van der Waals surface area contributed by atoms with E-state index < -0.39 is 20.2 Å². The van der Waals surface area contributed by atoms with E-state index in [0.29, 0.717) is 13.1 Å². The first-order chi connectivity index (χ1) is 9.61. The van der Waals surface area contributed by atoms with Crippen LogP contribution in [0.4, 0.5) is 18.9 Å². The van der Waals surface area contributed by atoms with Crippen molar-refractivity contribution < 1.29 is 21.6 Å². The molecule has 0 aliphatic heterocycles. The largest absolute Gasteiger partial charge is 0.501 e. The van der Waals surface area contributed by atoms with Gasteiger partial charge in [-0.1, -0.05) is 19.1 Å². The Labute approximate surface area is 122 Å². The molecule has 1 atom stereocenters. The van der Waals surface area contributed by atoms with Gasteiger partial charge in [0, 0.05) is 13.6 Å². The molecule has 0 amide bonds. The second-order valence-corrected chi connectivity index (χ2v) is 6.87. The summed E-state index contributed by atoms with van der Waals surface area (Å²) in [4.78, 5) is 0.817. The Kier molecular flexibility index (Phi) is 5.63. The predicted octanol–water partition coefficient (Wildman–Crippen LogP) is 2.27. The maximum Gasteiger partial charge on any atom is 0.501 e. The topological polar surface area (TPSA) is 49.4 Å². The summed E-state index contributed by atoms with van der Waals surface area (Å²) in [5.41, 5.74) is -5.25. The summed E-state index contributed by atoms with van der Waals surface area (Å²) in [6, 6.07) is 5.17. The van der Waals surface area contributed by atoms with Crippen LogP contribution in [0.5, 0.6) is 0 Å². The van der Waals surface area contributed by atoms with Gasteiger partial charge >= 0.3 is 5.51 Å². The van der Waals surface area contributed by atoms with E-state index in [4.69, 9.17) is 0 Å². The van der Waals surface area contributed by atoms with Gasteiger partial charge in [-0.25, -0.2) is 8.42 Å². The van der Waals surface area contributed by atoms with Gasteiger partial charge in [0.2, 0.25) is 0 Å². The van der Waals surface area contributed by atoms with Crippen molar-refractivity contribution in [3.8, 4) is 0 Å². The Morgan fingerprint density at radius 3 is 2.38 bits per heavy atom. The molecule has 1 N–H and O–H groups in total. The number of alkyl halides is 3. The molecule has 1 unspecified atom stereocenters. The molecular formula is C13H19F3N2O2S. The highest BCUT2D eigenvalue weighted by Gasteiger charge is 2.48. The standard InChI is InChI=1S/C13H19F3N2O2S/c1-10(8-17-2)9-18(3)11-6-4-5-7-12(11)21(19,20)13(14,15)16/h4-7,10,17H,8-9H2,1-3H3. The van der Waals surface area contributed by atoms with E-state index in [-0.39, 0.29) is 11.6 Å². The van der Waals surface area contributed by atoms with Crippen LogP contribution in [0.25, 0.3) is 0 Å². The van der Waals surface area contributed by atoms with Crippen molar-refractivity contribution in [2.45, 2.75) is 17.3 Å². The van der Waals surface area contributed by atoms with Crippen LogP contribution < -0.4 is 10.2 Å². The third-order valence-electron chi connectivity index (χ3n) is 3.01. The maximum atomic E-state index is 12.7. The van der Waals surface area contributed by atoms with Crippen molar-refractivity contribution in [1.29, 1.82) is 0 Å². The van der Waals surface area contributed by atoms with Crippen molar-refractivity contribution in [3.63, 3.8) is 0 Å². The molecular weight excluding hydrogens is 305 g/mol. The van der Waals surface area contributed by atoms with Crippen LogP contribution in [0.1, 0.15) is 6.92 Å². The lowest BCUT2D eigenvalue weighted by atomic mass is 10.1. The summed E-state index contributed by atoms with van der Waals surface area (Å²) in [6.45, 7) is 3.04. The molecule has 0 fully saturated rings. The van der Waals surface area contributed by atoms with Gasteiger partial charge in [0.05, 0.1) is 10.6 Å². The molecule has 0 saturated heterocycles. The van der Waals surface area contributed by atoms with Crippen molar-refractivity contribution in [3.05, 3.63) is 24.3 Å². The highest BCUT2D eigenvalue weighted by Crippen LogP contribution is 2.35. The quantitative estimate of drug-likeness (QED) is 0.872. The number of nitrogens with one attached hydrogen (secondary N) is 1. The number of para-hydroxylation sites is 1. The highest BCUT2D eigenvalue weighted by molar-refractivity contribution is 7.92. The van der Waals surface area contributed by atoms with Crippen molar-refractivity contribution in [2.75, 3.05) is 32.1 Å². The fourth-order valence-electron chi connectivity index (χ4n) is 2.10. The minimum absolute atomic E-state index is 0.0535. The minimum atomic E-state index is -5.36. The number of hydrogen-bond donors (Lipinski definition) is 1. The molecule has 0 aromatic heterocycles. The van der Waals surface area contributed by atoms with Crippen LogP contribution in [0, 0.1) is 5.92 Å². The second-order valence-electron chi connectivity index (χ2n) is 4.96. The minimum Gasteiger partial charge on any atom is -0.373 e. The van der Waals surface area contributed by atoms with Crippen LogP contribution in [-0.2, 0) is 9.84 Å². The molecule has 0 aliphatic carbocycles. The molecule has 0 spiro atoms. The van der Waals surface area contributed by atoms with E-state index in [1.165, 1.54) is 23.1 Å². The van der Waals surface area contributed by atoms with E-state index in [1.807, 2.05) is 6.92 Å². The molecule has 1 aromatic rings. The Morgan fingerprint density at radius 2 is 1.86 bits per heavy atom. The third-order valence-corrected chi connectivity index (χ3v) is 4.54. The van der Waals surface area contributed by atoms with Gasteiger partial charge in [0.25, 0.3) is 9.84 Å². The van der Waals surface area contributed by atoms with Crippen molar-refractivity contribution in [2.24, 2.45) is 5.92 Å². The molecule has 1 rings (SSSR count). The number of rotatable bonds is 6. The SMILES string of the molecule is CNCC(C)CN(C)c1ccccc1S(=O)(=O)C(F)(F)F. The Morgan fingerprint density at radius 1 is 1.29 bits per heavy atom. The van der Waals surface area contributed by atoms with Crippen molar-refractivity contribution in [1.82, 2.24) is 5.32 Å². The van der Waals surface area contributed by atoms with Crippen LogP contribution in [0.15, 0.2) is 29.2 Å². The van der Waals surface area contributed by atoms with E-state index in [9.17, 15) is 21.6 Å². The fourth-order valence-corrected chi connectivity index (χ4v) is 3.11. The van der Waals surface area contributed by atoms with Gasteiger partial charge in [-0.15, -0.1) is 0 Å². The van der Waals surface area contributed by atoms with Crippen LogP contribution >= 0.6 is 0 Å². The lowest BCUT2D eigenvalue weighted by molar-refractivity contribution is -0.0435. The summed E-state index contributed by atoms with van der Waals surface area (Å²) in [5.74, 6) is 0.154. The summed E-state index contributed by atoms with van der Waals surface area (Å²) in [7, 11) is -2.00. The molecule has 1 aromatic carbocycles. The number of nitrogens with zero attached hydrogens (tertiary/aromatic N) is 1. The zero-order valence-corrected chi connectivity index (χ0v) is 12.9. The average molecular weight is 324 g/mol. The normalized spacial score (nSPS) is 14.0. The third kappa shape index (κ3) is 4.10. The first kappa shape index (κ1) is 17.8. The molecule has 0 radical (unpaired) electrons. The van der Waals surface area contributed by atoms with Crippen LogP contribution in [-0.4, -0.2) is 41.1 Å². The fraction of sp³-hybridized carbons (Fsp3) is 0.538. The van der Waals surface area contributed by atoms with E-state index in [1.54, 1.807) is 14.1 Å². The van der Waals surface area contributed by atoms with Gasteiger partial charge in [-0.05, 0) is 31.6 Å². The molecule has 21 heavy (non-hydrogen) atoms. The molecule has 8 heteroatoms. The van der Waals surface area contributed by atoms with E-state index in [2.05, 4.69) is 5.32 Å². The Bertz CT molecular complexity index is 573. The zero-order chi connectivity index (χ0) is 16.3. The monoisotopic (exact) mass is 324 g/mol. The van der Waals surface area contributed by atoms with Gasteiger partial charge in [-0.2, -0.15) is 13.2 Å². The summed E-state index contributed by atoms with van der Waals surface area (Å²) in [6.07, 6.45) is 0. The van der Waals surface area contributed by atoms with Crippen LogP contribution in [0.3, 0.4) is 0 Å². The summed E-state index contributed by atoms with van der Waals surface area (Å²) < 4.78 is 61.4. The summed E-state index contributed by atoms with van der Waals surface area (Å²) in [5, 5.41) is 2.97. The van der Waals surface area contributed by atoms with Gasteiger partial charge in [-0.3, -0.25) is 0 Å². The number of benzene rings is 1. The molecule has 0 heterocycles. The number of hydrogen-bond acceptors (Lipinski definition) is 4. The van der Waals surface area contributed by atoms with Gasteiger partial charge < -0.3 is 10.2 Å². The first-order valence-corrected chi connectivity index (χ1v) is 7.85. The molecule has 0 bridgehead atoms. The van der Waals surface area contributed by atoms with E-state index >= 15 is 0 Å². The number of halogens is 3. The Hall–Kier alpha value is -1.28. The lowest BCUT2D eigenvalue weighted by Crippen LogP contribution is -2.32. The molecule has 4 nitrogen and oxygen atoms in total. The lowest BCUT2D eigenvalue weighted by Gasteiger charge is -2.25. The molecule has 0 saturated carbocycles. The Balaban J connectivity index is 3.17. The van der Waals surface area contributed by atoms with E-state index in [0.717, 1.165) is 6.07 Å². The van der Waals surface area contributed by atoms with Gasteiger partial charge in [0.15, 0.2) is 0 Å². The second kappa shape index (κ2) is 6.65. The molecule has 120 valence electrons. The summed E-state index contributed by atoms with van der Waals surface area (Å²) >= 11 is 0. The highest BCUT2D eigenvalue weighted by atomic mass is 32.2. The molecule has 0 aliphatic rings. The number of sulfone groups is 1. The zero-order valence-electron chi connectivity index (χ0n) is 12.1. The first-order valence-electron chi connectivity index (χ1n) is 6.37.